The number of imide groups is 2. The van der Waals surface area contributed by atoms with Crippen LogP contribution in [-0.4, -0.2) is 23.8 Å². The zero-order valence-corrected chi connectivity index (χ0v) is 18.0. The number of anilines is 1. The molecular formula is C24H15BrN2O5. The van der Waals surface area contributed by atoms with Gasteiger partial charge in [-0.1, -0.05) is 52.3 Å². The van der Waals surface area contributed by atoms with Gasteiger partial charge in [0.15, 0.2) is 0 Å². The normalized spacial score (nSPS) is 15.0. The highest BCUT2D eigenvalue weighted by Gasteiger charge is 2.37. The highest BCUT2D eigenvalue weighted by molar-refractivity contribution is 9.10. The summed E-state index contributed by atoms with van der Waals surface area (Å²) in [5.41, 5.74) is 0.724. The summed E-state index contributed by atoms with van der Waals surface area (Å²) in [6.07, 6.45) is 1.30. The molecule has 1 N–H and O–H groups in total. The minimum atomic E-state index is -0.844. The zero-order chi connectivity index (χ0) is 22.7. The summed E-state index contributed by atoms with van der Waals surface area (Å²) in [5, 5.41) is 2.17. The summed E-state index contributed by atoms with van der Waals surface area (Å²) in [5.74, 6) is -2.04. The van der Waals surface area contributed by atoms with Crippen LogP contribution in [0, 0.1) is 0 Å². The molecule has 1 aliphatic rings. The average Bonchev–Trinajstić information content (AvgIpc) is 2.79. The molecule has 1 saturated heterocycles. The number of para-hydroxylation sites is 1. The van der Waals surface area contributed by atoms with Crippen molar-refractivity contribution in [1.82, 2.24) is 5.32 Å². The molecule has 158 valence electrons. The van der Waals surface area contributed by atoms with Crippen molar-refractivity contribution < 1.29 is 23.9 Å². The first-order chi connectivity index (χ1) is 15.4. The number of carbonyl (C=O) groups is 4. The van der Waals surface area contributed by atoms with Gasteiger partial charge < -0.3 is 4.74 Å². The van der Waals surface area contributed by atoms with E-state index in [-0.39, 0.29) is 11.3 Å². The molecule has 0 aromatic heterocycles. The molecule has 4 amide bonds. The topological polar surface area (TPSA) is 92.8 Å². The van der Waals surface area contributed by atoms with E-state index >= 15 is 0 Å². The lowest BCUT2D eigenvalue weighted by Crippen LogP contribution is -2.54. The van der Waals surface area contributed by atoms with Crippen molar-refractivity contribution in [3.05, 3.63) is 100 Å². The van der Waals surface area contributed by atoms with Gasteiger partial charge in [0.1, 0.15) is 11.3 Å². The summed E-state index contributed by atoms with van der Waals surface area (Å²) >= 11 is 3.30. The summed E-state index contributed by atoms with van der Waals surface area (Å²) in [6.45, 7) is 0. The summed E-state index contributed by atoms with van der Waals surface area (Å²) in [4.78, 5) is 51.1. The van der Waals surface area contributed by atoms with Crippen molar-refractivity contribution >= 4 is 51.5 Å². The number of urea groups is 1. The monoisotopic (exact) mass is 490 g/mol. The highest BCUT2D eigenvalue weighted by Crippen LogP contribution is 2.26. The summed E-state index contributed by atoms with van der Waals surface area (Å²) in [6, 6.07) is 20.6. The number of nitrogens with one attached hydrogen (secondary N) is 1. The third kappa shape index (κ3) is 4.35. The van der Waals surface area contributed by atoms with Gasteiger partial charge >= 0.3 is 12.0 Å². The lowest BCUT2D eigenvalue weighted by atomic mass is 10.1. The van der Waals surface area contributed by atoms with Crippen molar-refractivity contribution in [2.24, 2.45) is 0 Å². The van der Waals surface area contributed by atoms with Crippen molar-refractivity contribution in [1.29, 1.82) is 0 Å². The molecule has 1 fully saturated rings. The Labute approximate surface area is 191 Å². The Hall–Kier alpha value is -4.04. The number of hydrogen-bond acceptors (Lipinski definition) is 5. The molecule has 0 aliphatic carbocycles. The number of amides is 4. The first-order valence-electron chi connectivity index (χ1n) is 9.47. The van der Waals surface area contributed by atoms with Gasteiger partial charge in [0.25, 0.3) is 11.8 Å². The van der Waals surface area contributed by atoms with Crippen LogP contribution < -0.4 is 15.0 Å². The van der Waals surface area contributed by atoms with Crippen molar-refractivity contribution in [3.63, 3.8) is 0 Å². The van der Waals surface area contributed by atoms with E-state index < -0.39 is 23.8 Å². The number of rotatable bonds is 4. The molecule has 0 atom stereocenters. The number of nitrogens with zero attached hydrogens (tertiary/aromatic N) is 1. The molecule has 0 spiro atoms. The number of halogens is 1. The Bertz CT molecular complexity index is 1250. The predicted octanol–water partition coefficient (Wildman–Crippen LogP) is 4.33. The Morgan fingerprint density at radius 3 is 2.25 bits per heavy atom. The number of benzene rings is 3. The maximum atomic E-state index is 13.0. The number of ether oxygens (including phenoxy) is 1. The van der Waals surface area contributed by atoms with Crippen LogP contribution in [0.25, 0.3) is 6.08 Å². The van der Waals surface area contributed by atoms with E-state index in [2.05, 4.69) is 21.2 Å². The van der Waals surface area contributed by atoms with Gasteiger partial charge in [-0.2, -0.15) is 0 Å². The van der Waals surface area contributed by atoms with E-state index in [1.165, 1.54) is 6.08 Å². The second-order valence-electron chi connectivity index (χ2n) is 6.73. The lowest BCUT2D eigenvalue weighted by molar-refractivity contribution is -0.122. The molecule has 8 heteroatoms. The molecule has 0 radical (unpaired) electrons. The largest absolute Gasteiger partial charge is 0.422 e. The number of barbiturate groups is 1. The SMILES string of the molecule is O=C1NC(=O)N(c2ccc(Br)cc2)C(=O)C1=Cc1ccccc1OC(=O)c1ccccc1. The lowest BCUT2D eigenvalue weighted by Gasteiger charge is -2.26. The molecule has 32 heavy (non-hydrogen) atoms. The van der Waals surface area contributed by atoms with Crippen molar-refractivity contribution in [2.75, 3.05) is 4.90 Å². The minimum Gasteiger partial charge on any atom is -0.422 e. The molecule has 1 aliphatic heterocycles. The van der Waals surface area contributed by atoms with Crippen molar-refractivity contribution in [3.8, 4) is 5.75 Å². The molecular weight excluding hydrogens is 476 g/mol. The highest BCUT2D eigenvalue weighted by atomic mass is 79.9. The molecule has 3 aromatic carbocycles. The van der Waals surface area contributed by atoms with Crippen LogP contribution in [0.5, 0.6) is 5.75 Å². The van der Waals surface area contributed by atoms with Crippen LogP contribution >= 0.6 is 15.9 Å². The maximum absolute atomic E-state index is 13.0. The molecule has 4 rings (SSSR count). The van der Waals surface area contributed by atoms with Crippen LogP contribution in [0.4, 0.5) is 10.5 Å². The van der Waals surface area contributed by atoms with E-state index in [4.69, 9.17) is 4.74 Å². The van der Waals surface area contributed by atoms with Crippen LogP contribution in [0.1, 0.15) is 15.9 Å². The van der Waals surface area contributed by atoms with E-state index in [0.29, 0.717) is 16.8 Å². The molecule has 0 saturated carbocycles. The van der Waals surface area contributed by atoms with E-state index in [1.54, 1.807) is 78.9 Å². The summed E-state index contributed by atoms with van der Waals surface area (Å²) < 4.78 is 6.25. The average molecular weight is 491 g/mol. The van der Waals surface area contributed by atoms with Gasteiger partial charge in [0.2, 0.25) is 0 Å². The Morgan fingerprint density at radius 2 is 1.53 bits per heavy atom. The first kappa shape index (κ1) is 21.2. The fraction of sp³-hybridized carbons (Fsp3) is 0. The quantitative estimate of drug-likeness (QED) is 0.254. The van der Waals surface area contributed by atoms with Crippen molar-refractivity contribution in [2.45, 2.75) is 0 Å². The van der Waals surface area contributed by atoms with Gasteiger partial charge in [-0.3, -0.25) is 14.9 Å². The fourth-order valence-electron chi connectivity index (χ4n) is 3.06. The Balaban J connectivity index is 1.67. The Morgan fingerprint density at radius 1 is 0.875 bits per heavy atom. The van der Waals surface area contributed by atoms with Crippen LogP contribution in [0.2, 0.25) is 0 Å². The third-order valence-corrected chi connectivity index (χ3v) is 5.15. The zero-order valence-electron chi connectivity index (χ0n) is 16.4. The first-order valence-corrected chi connectivity index (χ1v) is 10.3. The van der Waals surface area contributed by atoms with Gasteiger partial charge in [-0.05, 0) is 48.5 Å². The third-order valence-electron chi connectivity index (χ3n) is 4.62. The molecule has 7 nitrogen and oxygen atoms in total. The summed E-state index contributed by atoms with van der Waals surface area (Å²) in [7, 11) is 0. The Kier molecular flexibility index (Phi) is 5.96. The predicted molar refractivity (Wildman–Crippen MR) is 121 cm³/mol. The van der Waals surface area contributed by atoms with Crippen LogP contribution in [0.3, 0.4) is 0 Å². The van der Waals surface area contributed by atoms with Gasteiger partial charge in [0.05, 0.1) is 11.3 Å². The second kappa shape index (κ2) is 8.99. The molecule has 1 heterocycles. The van der Waals surface area contributed by atoms with E-state index in [9.17, 15) is 19.2 Å². The fourth-order valence-corrected chi connectivity index (χ4v) is 3.33. The van der Waals surface area contributed by atoms with E-state index in [0.717, 1.165) is 9.37 Å². The van der Waals surface area contributed by atoms with E-state index in [1.807, 2.05) is 0 Å². The number of carbonyl (C=O) groups excluding carboxylic acids is 4. The number of hydrogen-bond donors (Lipinski definition) is 1. The molecule has 0 unspecified atom stereocenters. The van der Waals surface area contributed by atoms with Gasteiger partial charge in [-0.25, -0.2) is 14.5 Å². The minimum absolute atomic E-state index is 0.168. The van der Waals surface area contributed by atoms with Gasteiger partial charge in [0, 0.05) is 10.0 Å². The van der Waals surface area contributed by atoms with Crippen LogP contribution in [-0.2, 0) is 9.59 Å². The van der Waals surface area contributed by atoms with Crippen LogP contribution in [0.15, 0.2) is 88.9 Å². The molecule has 3 aromatic rings. The number of esters is 1. The van der Waals surface area contributed by atoms with Gasteiger partial charge in [-0.15, -0.1) is 0 Å². The molecule has 0 bridgehead atoms. The maximum Gasteiger partial charge on any atom is 0.343 e. The standard InChI is InChI=1S/C24H15BrN2O5/c25-17-10-12-18(13-11-17)27-22(29)19(21(28)26-24(27)31)14-16-8-4-5-9-20(16)32-23(30)15-6-2-1-3-7-15/h1-14H,(H,26,28,31). The smallest absolute Gasteiger partial charge is 0.343 e. The second-order valence-corrected chi connectivity index (χ2v) is 7.64.